The minimum absolute atomic E-state index is 0.0920. The van der Waals surface area contributed by atoms with Gasteiger partial charge in [0, 0.05) is 5.69 Å². The summed E-state index contributed by atoms with van der Waals surface area (Å²) in [6, 6.07) is 7.23. The molecule has 0 radical (unpaired) electrons. The zero-order chi connectivity index (χ0) is 19.7. The van der Waals surface area contributed by atoms with E-state index in [1.54, 1.807) is 12.1 Å². The number of aromatic nitrogens is 1. The summed E-state index contributed by atoms with van der Waals surface area (Å²) in [5.41, 5.74) is 0.408. The fraction of sp³-hybridized carbons (Fsp3) is 0.474. The van der Waals surface area contributed by atoms with Gasteiger partial charge in [-0.25, -0.2) is 4.98 Å². The largest absolute Gasteiger partial charge is 0.435 e. The third kappa shape index (κ3) is 5.06. The van der Waals surface area contributed by atoms with Crippen molar-refractivity contribution in [2.75, 3.05) is 5.32 Å². The number of carbonyl (C=O) groups is 1. The van der Waals surface area contributed by atoms with Crippen molar-refractivity contribution in [3.05, 3.63) is 45.4 Å². The fourth-order valence-corrected chi connectivity index (χ4v) is 3.86. The molecule has 0 aliphatic heterocycles. The molecule has 2 aromatic rings. The lowest BCUT2D eigenvalue weighted by molar-refractivity contribution is -0.141. The lowest BCUT2D eigenvalue weighted by atomic mass is 9.82. The van der Waals surface area contributed by atoms with Gasteiger partial charge in [-0.1, -0.05) is 45.9 Å². The van der Waals surface area contributed by atoms with E-state index in [1.165, 1.54) is 6.92 Å². The first-order valence-electron chi connectivity index (χ1n) is 8.33. The van der Waals surface area contributed by atoms with Crippen molar-refractivity contribution in [3.8, 4) is 0 Å². The van der Waals surface area contributed by atoms with E-state index >= 15 is 0 Å². The predicted molar refractivity (Wildman–Crippen MR) is 98.7 cm³/mol. The number of rotatable bonds is 4. The maximum atomic E-state index is 13.1. The molecule has 1 aromatic carbocycles. The zero-order valence-corrected chi connectivity index (χ0v) is 16.3. The van der Waals surface area contributed by atoms with Crippen LogP contribution in [0.3, 0.4) is 0 Å². The minimum Gasteiger partial charge on any atom is -0.321 e. The lowest BCUT2D eigenvalue weighted by Gasteiger charge is -2.25. The van der Waals surface area contributed by atoms with Crippen LogP contribution in [0.2, 0.25) is 0 Å². The summed E-state index contributed by atoms with van der Waals surface area (Å²) in [4.78, 5) is 15.6. The molecule has 1 aromatic heterocycles. The second-order valence-electron chi connectivity index (χ2n) is 7.62. The number of halogens is 3. The van der Waals surface area contributed by atoms with Gasteiger partial charge >= 0.3 is 6.18 Å². The number of nitrogens with zero attached hydrogens (tertiary/aromatic N) is 1. The topological polar surface area (TPSA) is 42.0 Å². The van der Waals surface area contributed by atoms with Gasteiger partial charge in [0.2, 0.25) is 0 Å². The Balaban J connectivity index is 2.32. The number of para-hydroxylation sites is 1. The van der Waals surface area contributed by atoms with E-state index in [9.17, 15) is 18.0 Å². The van der Waals surface area contributed by atoms with Gasteiger partial charge in [-0.15, -0.1) is 11.3 Å². The normalized spacial score (nSPS) is 13.5. The molecule has 26 heavy (non-hydrogen) atoms. The number of alkyl halides is 3. The van der Waals surface area contributed by atoms with Gasteiger partial charge in [0.05, 0.1) is 5.01 Å². The molecule has 0 fully saturated rings. The molecule has 0 aliphatic carbocycles. The monoisotopic (exact) mass is 384 g/mol. The van der Waals surface area contributed by atoms with Crippen LogP contribution in [-0.2, 0) is 6.18 Å². The Morgan fingerprint density at radius 2 is 1.85 bits per heavy atom. The highest BCUT2D eigenvalue weighted by Gasteiger charge is 2.39. The molecule has 142 valence electrons. The van der Waals surface area contributed by atoms with Crippen LogP contribution in [0.5, 0.6) is 0 Å². The maximum Gasteiger partial charge on any atom is 0.435 e. The number of thiazole rings is 1. The Labute approximate surface area is 155 Å². The molecule has 1 atom stereocenters. The maximum absolute atomic E-state index is 13.1. The Morgan fingerprint density at radius 3 is 2.42 bits per heavy atom. The predicted octanol–water partition coefficient (Wildman–Crippen LogP) is 6.26. The first-order chi connectivity index (χ1) is 11.9. The molecule has 0 bridgehead atoms. The van der Waals surface area contributed by atoms with Crippen LogP contribution in [0, 0.1) is 12.3 Å². The smallest absolute Gasteiger partial charge is 0.321 e. The molecule has 1 unspecified atom stereocenters. The highest BCUT2D eigenvalue weighted by Crippen LogP contribution is 2.36. The highest BCUT2D eigenvalue weighted by atomic mass is 32.1. The minimum atomic E-state index is -4.66. The molecule has 0 aliphatic rings. The number of hydrogen-bond acceptors (Lipinski definition) is 3. The second-order valence-corrected chi connectivity index (χ2v) is 8.82. The molecule has 3 nitrogen and oxygen atoms in total. The molecule has 0 saturated carbocycles. The van der Waals surface area contributed by atoms with Gasteiger partial charge in [0.1, 0.15) is 4.88 Å². The van der Waals surface area contributed by atoms with Crippen LogP contribution in [-0.4, -0.2) is 10.9 Å². The van der Waals surface area contributed by atoms with Crippen LogP contribution in [0.1, 0.15) is 66.0 Å². The average molecular weight is 384 g/mol. The number of hydrogen-bond donors (Lipinski definition) is 1. The van der Waals surface area contributed by atoms with Crippen molar-refractivity contribution in [2.24, 2.45) is 5.41 Å². The summed E-state index contributed by atoms with van der Waals surface area (Å²) < 4.78 is 39.4. The van der Waals surface area contributed by atoms with Crippen molar-refractivity contribution < 1.29 is 18.0 Å². The summed E-state index contributed by atoms with van der Waals surface area (Å²) >= 11 is 0.750. The molecule has 1 amide bonds. The van der Waals surface area contributed by atoms with Crippen LogP contribution in [0.25, 0.3) is 0 Å². The van der Waals surface area contributed by atoms with Gasteiger partial charge in [0.25, 0.3) is 5.91 Å². The van der Waals surface area contributed by atoms with Gasteiger partial charge < -0.3 is 5.32 Å². The van der Waals surface area contributed by atoms with Crippen LogP contribution < -0.4 is 5.32 Å². The third-order valence-electron chi connectivity index (χ3n) is 3.87. The van der Waals surface area contributed by atoms with Crippen molar-refractivity contribution in [3.63, 3.8) is 0 Å². The Kier molecular flexibility index (Phi) is 5.80. The van der Waals surface area contributed by atoms with Gasteiger partial charge in [0.15, 0.2) is 5.69 Å². The summed E-state index contributed by atoms with van der Waals surface area (Å²) in [6.07, 6.45) is -3.77. The summed E-state index contributed by atoms with van der Waals surface area (Å²) in [5.74, 6) is -0.630. The Bertz CT molecular complexity index is 791. The molecule has 2 rings (SSSR count). The van der Waals surface area contributed by atoms with E-state index in [4.69, 9.17) is 0 Å². The van der Waals surface area contributed by atoms with E-state index in [1.807, 2.05) is 19.1 Å². The molecule has 1 heterocycles. The lowest BCUT2D eigenvalue weighted by Crippen LogP contribution is -2.18. The van der Waals surface area contributed by atoms with Gasteiger partial charge in [-0.3, -0.25) is 4.79 Å². The summed E-state index contributed by atoms with van der Waals surface area (Å²) in [6.45, 7) is 9.88. The summed E-state index contributed by atoms with van der Waals surface area (Å²) in [7, 11) is 0. The van der Waals surface area contributed by atoms with E-state index in [-0.39, 0.29) is 16.3 Å². The van der Waals surface area contributed by atoms with Crippen molar-refractivity contribution in [2.45, 2.75) is 53.1 Å². The van der Waals surface area contributed by atoms with Gasteiger partial charge in [-0.2, -0.15) is 13.2 Å². The van der Waals surface area contributed by atoms with Crippen LogP contribution in [0.4, 0.5) is 18.9 Å². The Hall–Kier alpha value is -1.89. The standard InChI is InChI=1S/C19H23F3N2OS/c1-11(10-18(3,4)5)13-8-6-7-9-14(13)24-17(25)15-16(19(20,21)22)23-12(2)26-15/h6-9,11H,10H2,1-5H3,(H,24,25). The fourth-order valence-electron chi connectivity index (χ4n) is 3.02. The first kappa shape index (κ1) is 20.4. The molecule has 1 N–H and O–H groups in total. The average Bonchev–Trinajstić information content (AvgIpc) is 2.88. The number of nitrogens with one attached hydrogen (secondary N) is 1. The van der Waals surface area contributed by atoms with E-state index in [0.29, 0.717) is 5.69 Å². The molecule has 0 spiro atoms. The quantitative estimate of drug-likeness (QED) is 0.676. The molecule has 7 heteroatoms. The number of anilines is 1. The second kappa shape index (κ2) is 7.39. The van der Waals surface area contributed by atoms with Crippen molar-refractivity contribution in [1.29, 1.82) is 0 Å². The van der Waals surface area contributed by atoms with Crippen molar-refractivity contribution in [1.82, 2.24) is 4.98 Å². The molecular formula is C19H23F3N2OS. The number of carbonyl (C=O) groups excluding carboxylic acids is 1. The molecular weight excluding hydrogens is 361 g/mol. The van der Waals surface area contributed by atoms with Crippen LogP contribution in [0.15, 0.2) is 24.3 Å². The first-order valence-corrected chi connectivity index (χ1v) is 9.15. The molecule has 0 saturated heterocycles. The van der Waals surface area contributed by atoms with Gasteiger partial charge in [-0.05, 0) is 36.3 Å². The van der Waals surface area contributed by atoms with Crippen LogP contribution >= 0.6 is 11.3 Å². The number of benzene rings is 1. The number of amides is 1. The SMILES string of the molecule is Cc1nc(C(F)(F)F)c(C(=O)Nc2ccccc2C(C)CC(C)(C)C)s1. The third-order valence-corrected chi connectivity index (χ3v) is 4.84. The van der Waals surface area contributed by atoms with E-state index < -0.39 is 22.7 Å². The Morgan fingerprint density at radius 1 is 1.23 bits per heavy atom. The van der Waals surface area contributed by atoms with Crippen molar-refractivity contribution >= 4 is 22.9 Å². The van der Waals surface area contributed by atoms with E-state index in [0.717, 1.165) is 23.3 Å². The zero-order valence-electron chi connectivity index (χ0n) is 15.5. The van der Waals surface area contributed by atoms with E-state index in [2.05, 4.69) is 31.1 Å². The number of aryl methyl sites for hydroxylation is 1. The summed E-state index contributed by atoms with van der Waals surface area (Å²) in [5, 5.41) is 2.86. The highest BCUT2D eigenvalue weighted by molar-refractivity contribution is 7.13.